The van der Waals surface area contributed by atoms with Crippen molar-refractivity contribution in [1.29, 1.82) is 0 Å². The number of sulfonamides is 1. The Kier molecular flexibility index (Phi) is 9.15. The first-order valence-corrected chi connectivity index (χ1v) is 13.9. The van der Waals surface area contributed by atoms with E-state index in [1.807, 2.05) is 6.92 Å². The summed E-state index contributed by atoms with van der Waals surface area (Å²) in [5.41, 5.74) is 3.55. The average molecular weight is 578 g/mol. The van der Waals surface area contributed by atoms with Crippen LogP contribution in [0.1, 0.15) is 33.2 Å². The van der Waals surface area contributed by atoms with Crippen LogP contribution in [-0.4, -0.2) is 33.1 Å². The Bertz CT molecular complexity index is 1620. The van der Waals surface area contributed by atoms with E-state index in [-0.39, 0.29) is 16.1 Å². The van der Waals surface area contributed by atoms with Gasteiger partial charge in [-0.3, -0.25) is 9.52 Å². The Morgan fingerprint density at radius 3 is 2.20 bits per heavy atom. The molecule has 40 heavy (non-hydrogen) atoms. The minimum absolute atomic E-state index is 0.00117. The molecule has 0 saturated heterocycles. The van der Waals surface area contributed by atoms with Crippen molar-refractivity contribution in [3.8, 4) is 11.5 Å². The summed E-state index contributed by atoms with van der Waals surface area (Å²) in [5.74, 6) is -0.131. The molecule has 0 aliphatic rings. The van der Waals surface area contributed by atoms with E-state index in [4.69, 9.17) is 21.1 Å². The molecular formula is C29H24ClN3O6S. The van der Waals surface area contributed by atoms with Crippen molar-refractivity contribution >= 4 is 45.4 Å². The van der Waals surface area contributed by atoms with Crippen molar-refractivity contribution in [2.24, 2.45) is 5.10 Å². The van der Waals surface area contributed by atoms with Gasteiger partial charge in [0.05, 0.1) is 34.5 Å². The minimum atomic E-state index is -3.95. The Labute approximate surface area is 236 Å². The third-order valence-electron chi connectivity index (χ3n) is 5.41. The maximum atomic E-state index is 12.7. The lowest BCUT2D eigenvalue weighted by Crippen LogP contribution is -2.21. The number of nitrogens with zero attached hydrogens (tertiary/aromatic N) is 1. The first-order valence-electron chi connectivity index (χ1n) is 12.0. The number of nitrogens with one attached hydrogen (secondary N) is 2. The molecule has 204 valence electrons. The molecule has 2 N–H and O–H groups in total. The SMILES string of the molecule is CCOc1ccc(C(=O)Oc2ccc(C=NNC(=O)c3ccccc3NS(=O)(=O)c3ccc(Cl)cc3)cc2)cc1. The molecule has 0 aromatic heterocycles. The lowest BCUT2D eigenvalue weighted by atomic mass is 10.2. The molecule has 4 aromatic carbocycles. The van der Waals surface area contributed by atoms with Crippen molar-refractivity contribution in [3.05, 3.63) is 119 Å². The predicted octanol–water partition coefficient (Wildman–Crippen LogP) is 5.52. The molecule has 0 fully saturated rings. The molecule has 4 aromatic rings. The number of amides is 1. The maximum Gasteiger partial charge on any atom is 0.343 e. The van der Waals surface area contributed by atoms with Crippen LogP contribution < -0.4 is 19.6 Å². The van der Waals surface area contributed by atoms with Gasteiger partial charge >= 0.3 is 5.97 Å². The number of benzene rings is 4. The zero-order chi connectivity index (χ0) is 28.5. The number of halogens is 1. The van der Waals surface area contributed by atoms with E-state index in [2.05, 4.69) is 15.2 Å². The third kappa shape index (κ3) is 7.46. The van der Waals surface area contributed by atoms with E-state index in [1.165, 1.54) is 42.6 Å². The van der Waals surface area contributed by atoms with Crippen LogP contribution in [0.3, 0.4) is 0 Å². The van der Waals surface area contributed by atoms with Crippen LogP contribution in [0.25, 0.3) is 0 Å². The second-order valence-electron chi connectivity index (χ2n) is 8.22. The number of hydrogen-bond acceptors (Lipinski definition) is 7. The molecule has 0 heterocycles. The second kappa shape index (κ2) is 12.9. The molecule has 0 aliphatic carbocycles. The smallest absolute Gasteiger partial charge is 0.343 e. The van der Waals surface area contributed by atoms with Crippen molar-refractivity contribution < 1.29 is 27.5 Å². The summed E-state index contributed by atoms with van der Waals surface area (Å²) in [6.07, 6.45) is 1.40. The topological polar surface area (TPSA) is 123 Å². The molecule has 0 saturated carbocycles. The van der Waals surface area contributed by atoms with Gasteiger partial charge in [-0.25, -0.2) is 18.6 Å². The van der Waals surface area contributed by atoms with E-state index in [9.17, 15) is 18.0 Å². The first kappa shape index (κ1) is 28.3. The molecule has 11 heteroatoms. The van der Waals surface area contributed by atoms with Crippen molar-refractivity contribution in [1.82, 2.24) is 5.43 Å². The number of carbonyl (C=O) groups is 2. The van der Waals surface area contributed by atoms with Crippen LogP contribution >= 0.6 is 11.6 Å². The molecule has 1 amide bonds. The van der Waals surface area contributed by atoms with E-state index < -0.39 is 21.9 Å². The number of para-hydroxylation sites is 1. The normalized spacial score (nSPS) is 11.2. The highest BCUT2D eigenvalue weighted by Crippen LogP contribution is 2.22. The lowest BCUT2D eigenvalue weighted by molar-refractivity contribution is 0.0734. The Hall–Kier alpha value is -4.67. The van der Waals surface area contributed by atoms with Gasteiger partial charge in [0.2, 0.25) is 0 Å². The van der Waals surface area contributed by atoms with E-state index in [0.717, 1.165) is 0 Å². The maximum absolute atomic E-state index is 12.7. The molecule has 0 radical (unpaired) electrons. The van der Waals surface area contributed by atoms with Crippen molar-refractivity contribution in [2.45, 2.75) is 11.8 Å². The van der Waals surface area contributed by atoms with Gasteiger partial charge in [-0.05, 0) is 97.4 Å². The number of hydrazone groups is 1. The first-order chi connectivity index (χ1) is 19.2. The standard InChI is InChI=1S/C29H24ClN3O6S/c1-2-38-23-15-9-21(10-16-23)29(35)39-24-13-7-20(8-14-24)19-31-32-28(34)26-5-3-4-6-27(26)33-40(36,37)25-17-11-22(30)12-18-25/h3-19,33H,2H2,1H3,(H,32,34). The van der Waals surface area contributed by atoms with Gasteiger partial charge in [0.25, 0.3) is 15.9 Å². The van der Waals surface area contributed by atoms with Crippen LogP contribution in [0, 0.1) is 0 Å². The van der Waals surface area contributed by atoms with Gasteiger partial charge in [-0.2, -0.15) is 5.10 Å². The average Bonchev–Trinajstić information content (AvgIpc) is 2.95. The number of anilines is 1. The van der Waals surface area contributed by atoms with Crippen molar-refractivity contribution in [3.63, 3.8) is 0 Å². The molecule has 0 atom stereocenters. The summed E-state index contributed by atoms with van der Waals surface area (Å²) in [5, 5.41) is 4.35. The van der Waals surface area contributed by atoms with E-state index >= 15 is 0 Å². The zero-order valence-corrected chi connectivity index (χ0v) is 22.8. The summed E-state index contributed by atoms with van der Waals surface area (Å²) in [7, 11) is -3.95. The summed E-state index contributed by atoms with van der Waals surface area (Å²) < 4.78 is 38.7. The highest BCUT2D eigenvalue weighted by molar-refractivity contribution is 7.92. The second-order valence-corrected chi connectivity index (χ2v) is 10.3. The fourth-order valence-electron chi connectivity index (χ4n) is 3.46. The Morgan fingerprint density at radius 1 is 0.875 bits per heavy atom. The van der Waals surface area contributed by atoms with Gasteiger partial charge in [-0.15, -0.1) is 0 Å². The molecular weight excluding hydrogens is 554 g/mol. The van der Waals surface area contributed by atoms with Crippen LogP contribution in [0.15, 0.2) is 107 Å². The number of hydrogen-bond donors (Lipinski definition) is 2. The van der Waals surface area contributed by atoms with Gasteiger partial charge in [0.1, 0.15) is 11.5 Å². The number of rotatable bonds is 10. The highest BCUT2D eigenvalue weighted by Gasteiger charge is 2.18. The number of ether oxygens (including phenoxy) is 2. The van der Waals surface area contributed by atoms with Gasteiger partial charge in [0.15, 0.2) is 0 Å². The summed E-state index contributed by atoms with van der Waals surface area (Å²) in [4.78, 5) is 25.1. The molecule has 0 spiro atoms. The van der Waals surface area contributed by atoms with E-state index in [1.54, 1.807) is 60.7 Å². The van der Waals surface area contributed by atoms with E-state index in [0.29, 0.717) is 34.3 Å². The summed E-state index contributed by atoms with van der Waals surface area (Å²) in [6, 6.07) is 24.9. The molecule has 0 bridgehead atoms. The van der Waals surface area contributed by atoms with Crippen LogP contribution in [0.4, 0.5) is 5.69 Å². The quantitative estimate of drug-likeness (QED) is 0.111. The largest absolute Gasteiger partial charge is 0.494 e. The third-order valence-corrected chi connectivity index (χ3v) is 7.04. The minimum Gasteiger partial charge on any atom is -0.494 e. The molecule has 0 unspecified atom stereocenters. The lowest BCUT2D eigenvalue weighted by Gasteiger charge is -2.11. The summed E-state index contributed by atoms with van der Waals surface area (Å²) >= 11 is 5.84. The van der Waals surface area contributed by atoms with Gasteiger partial charge in [0, 0.05) is 5.02 Å². The number of esters is 1. The van der Waals surface area contributed by atoms with Crippen LogP contribution in [0.2, 0.25) is 5.02 Å². The molecule has 0 aliphatic heterocycles. The monoisotopic (exact) mass is 577 g/mol. The predicted molar refractivity (Wildman–Crippen MR) is 153 cm³/mol. The highest BCUT2D eigenvalue weighted by atomic mass is 35.5. The van der Waals surface area contributed by atoms with Crippen LogP contribution in [0.5, 0.6) is 11.5 Å². The van der Waals surface area contributed by atoms with Crippen molar-refractivity contribution in [2.75, 3.05) is 11.3 Å². The summed E-state index contributed by atoms with van der Waals surface area (Å²) in [6.45, 7) is 2.41. The Morgan fingerprint density at radius 2 is 1.52 bits per heavy atom. The van der Waals surface area contributed by atoms with Gasteiger partial charge < -0.3 is 9.47 Å². The van der Waals surface area contributed by atoms with Gasteiger partial charge in [-0.1, -0.05) is 23.7 Å². The fourth-order valence-corrected chi connectivity index (χ4v) is 4.66. The Balaban J connectivity index is 1.36. The molecule has 9 nitrogen and oxygen atoms in total. The van der Waals surface area contributed by atoms with Crippen LogP contribution in [-0.2, 0) is 10.0 Å². The number of carbonyl (C=O) groups excluding carboxylic acids is 2. The zero-order valence-electron chi connectivity index (χ0n) is 21.2. The fraction of sp³-hybridized carbons (Fsp3) is 0.0690. The molecule has 4 rings (SSSR count).